The van der Waals surface area contributed by atoms with Gasteiger partial charge in [0.25, 0.3) is 0 Å². The van der Waals surface area contributed by atoms with Gasteiger partial charge in [0.05, 0.1) is 0 Å². The predicted molar refractivity (Wildman–Crippen MR) is 75.3 cm³/mol. The molecule has 1 heterocycles. The molecule has 1 aromatic carbocycles. The van der Waals surface area contributed by atoms with Crippen molar-refractivity contribution >= 4 is 0 Å². The van der Waals surface area contributed by atoms with Crippen molar-refractivity contribution < 1.29 is 0 Å². The Morgan fingerprint density at radius 3 is 2.39 bits per heavy atom. The summed E-state index contributed by atoms with van der Waals surface area (Å²) in [4.78, 5) is 2.68. The molecule has 98 valence electrons. The first-order valence-corrected chi connectivity index (χ1v) is 7.26. The Morgan fingerprint density at radius 1 is 1.11 bits per heavy atom. The minimum Gasteiger partial charge on any atom is -0.315 e. The van der Waals surface area contributed by atoms with Crippen LogP contribution in [0.4, 0.5) is 0 Å². The fourth-order valence-electron chi connectivity index (χ4n) is 3.69. The molecule has 2 nitrogen and oxygen atoms in total. The summed E-state index contributed by atoms with van der Waals surface area (Å²) in [5.41, 5.74) is 3.07. The quantitative estimate of drug-likeness (QED) is 0.860. The van der Waals surface area contributed by atoms with Crippen molar-refractivity contribution in [1.29, 1.82) is 0 Å². The average Bonchev–Trinajstić information content (AvgIpc) is 2.82. The molecule has 1 aromatic rings. The van der Waals surface area contributed by atoms with Crippen molar-refractivity contribution in [2.45, 2.75) is 51.4 Å². The lowest BCUT2D eigenvalue weighted by Crippen LogP contribution is -2.50. The first kappa shape index (κ1) is 12.2. The fraction of sp³-hybridized carbons (Fsp3) is 0.625. The van der Waals surface area contributed by atoms with Gasteiger partial charge in [-0.2, -0.15) is 0 Å². The number of nitrogens with zero attached hydrogens (tertiary/aromatic N) is 1. The van der Waals surface area contributed by atoms with Gasteiger partial charge >= 0.3 is 0 Å². The van der Waals surface area contributed by atoms with Gasteiger partial charge in [0.2, 0.25) is 0 Å². The molecule has 0 spiro atoms. The van der Waals surface area contributed by atoms with Crippen LogP contribution in [0.25, 0.3) is 0 Å². The molecule has 1 fully saturated rings. The molecule has 1 N–H and O–H groups in total. The third-order valence-electron chi connectivity index (χ3n) is 4.78. The zero-order chi connectivity index (χ0) is 12.5. The molecule has 0 radical (unpaired) electrons. The van der Waals surface area contributed by atoms with E-state index >= 15 is 0 Å². The zero-order valence-electron chi connectivity index (χ0n) is 11.5. The van der Waals surface area contributed by atoms with Crippen LogP contribution >= 0.6 is 0 Å². The van der Waals surface area contributed by atoms with Crippen molar-refractivity contribution in [3.63, 3.8) is 0 Å². The van der Waals surface area contributed by atoms with Crippen LogP contribution in [0.5, 0.6) is 0 Å². The van der Waals surface area contributed by atoms with Crippen LogP contribution in [0.1, 0.15) is 37.3 Å². The van der Waals surface area contributed by atoms with E-state index in [-0.39, 0.29) is 0 Å². The van der Waals surface area contributed by atoms with E-state index in [9.17, 15) is 0 Å². The Kier molecular flexibility index (Phi) is 3.40. The second kappa shape index (κ2) is 5.02. The summed E-state index contributed by atoms with van der Waals surface area (Å²) >= 11 is 0. The highest BCUT2D eigenvalue weighted by molar-refractivity contribution is 5.30. The highest BCUT2D eigenvalue weighted by atomic mass is 15.2. The van der Waals surface area contributed by atoms with Gasteiger partial charge in [0.1, 0.15) is 0 Å². The van der Waals surface area contributed by atoms with Crippen molar-refractivity contribution in [3.8, 4) is 0 Å². The second-order valence-electron chi connectivity index (χ2n) is 6.05. The molecule has 3 unspecified atom stereocenters. The molecule has 3 atom stereocenters. The highest BCUT2D eigenvalue weighted by Gasteiger charge is 2.34. The maximum atomic E-state index is 3.54. The largest absolute Gasteiger partial charge is 0.315 e. The molecule has 2 heteroatoms. The summed E-state index contributed by atoms with van der Waals surface area (Å²) in [6.45, 7) is 4.69. The van der Waals surface area contributed by atoms with Crippen molar-refractivity contribution in [1.82, 2.24) is 10.2 Å². The number of hydrogen-bond donors (Lipinski definition) is 1. The van der Waals surface area contributed by atoms with Crippen LogP contribution < -0.4 is 5.32 Å². The van der Waals surface area contributed by atoms with Gasteiger partial charge in [-0.3, -0.25) is 4.90 Å². The van der Waals surface area contributed by atoms with Crippen LogP contribution in [0, 0.1) is 5.92 Å². The summed E-state index contributed by atoms with van der Waals surface area (Å²) in [5, 5.41) is 3.54. The summed E-state index contributed by atoms with van der Waals surface area (Å²) in [6.07, 6.45) is 4.05. The van der Waals surface area contributed by atoms with Gasteiger partial charge in [0.15, 0.2) is 0 Å². The maximum absolute atomic E-state index is 3.54. The van der Waals surface area contributed by atoms with E-state index in [2.05, 4.69) is 48.5 Å². The number of rotatable bonds is 2. The first-order chi connectivity index (χ1) is 8.78. The smallest absolute Gasteiger partial charge is 0.0258 e. The molecular weight excluding hydrogens is 220 g/mol. The van der Waals surface area contributed by atoms with Gasteiger partial charge in [-0.15, -0.1) is 0 Å². The molecule has 1 aliphatic heterocycles. The lowest BCUT2D eigenvalue weighted by Gasteiger charge is -2.40. The van der Waals surface area contributed by atoms with Crippen LogP contribution in [-0.2, 0) is 13.1 Å². The van der Waals surface area contributed by atoms with Crippen LogP contribution in [0.2, 0.25) is 0 Å². The van der Waals surface area contributed by atoms with Crippen molar-refractivity contribution in [2.75, 3.05) is 7.05 Å². The summed E-state index contributed by atoms with van der Waals surface area (Å²) in [5.74, 6) is 0.878. The predicted octanol–water partition coefficient (Wildman–Crippen LogP) is 2.78. The van der Waals surface area contributed by atoms with Crippen molar-refractivity contribution in [3.05, 3.63) is 35.4 Å². The van der Waals surface area contributed by atoms with Gasteiger partial charge in [-0.1, -0.05) is 31.2 Å². The van der Waals surface area contributed by atoms with E-state index in [1.54, 1.807) is 0 Å². The molecular formula is C16H24N2. The third kappa shape index (κ3) is 2.19. The Bertz CT molecular complexity index is 390. The molecule has 0 saturated heterocycles. The van der Waals surface area contributed by atoms with Gasteiger partial charge in [0, 0.05) is 25.2 Å². The number of benzene rings is 1. The number of nitrogens with one attached hydrogen (secondary N) is 1. The number of likely N-dealkylation sites (N-methyl/N-ethyl adjacent to an activating group) is 1. The molecule has 0 aromatic heterocycles. The standard InChI is InChI=1S/C16H24N2/c1-12-7-8-15(17-2)16(9-12)18-10-13-5-3-4-6-14(13)11-18/h3-6,12,15-17H,7-11H2,1-2H3. The Hall–Kier alpha value is -0.860. The molecule has 18 heavy (non-hydrogen) atoms. The minimum atomic E-state index is 0.676. The molecule has 0 amide bonds. The van der Waals surface area contributed by atoms with Crippen molar-refractivity contribution in [2.24, 2.45) is 5.92 Å². The molecule has 1 saturated carbocycles. The van der Waals surface area contributed by atoms with E-state index in [4.69, 9.17) is 0 Å². The summed E-state index contributed by atoms with van der Waals surface area (Å²) in [6, 6.07) is 10.3. The monoisotopic (exact) mass is 244 g/mol. The lowest BCUT2D eigenvalue weighted by atomic mass is 9.82. The van der Waals surface area contributed by atoms with E-state index in [1.807, 2.05) is 0 Å². The number of hydrogen-bond acceptors (Lipinski definition) is 2. The first-order valence-electron chi connectivity index (χ1n) is 7.26. The molecule has 1 aliphatic carbocycles. The second-order valence-corrected chi connectivity index (χ2v) is 6.05. The maximum Gasteiger partial charge on any atom is 0.0258 e. The lowest BCUT2D eigenvalue weighted by molar-refractivity contribution is 0.102. The van der Waals surface area contributed by atoms with Crippen LogP contribution in [-0.4, -0.2) is 24.0 Å². The Balaban J connectivity index is 1.75. The third-order valence-corrected chi connectivity index (χ3v) is 4.78. The molecule has 3 rings (SSSR count). The Labute approximate surface area is 110 Å². The fourth-order valence-corrected chi connectivity index (χ4v) is 3.69. The van der Waals surface area contributed by atoms with E-state index in [1.165, 1.54) is 30.4 Å². The van der Waals surface area contributed by atoms with Crippen LogP contribution in [0.3, 0.4) is 0 Å². The van der Waals surface area contributed by atoms with E-state index in [0.717, 1.165) is 19.0 Å². The van der Waals surface area contributed by atoms with E-state index < -0.39 is 0 Å². The Morgan fingerprint density at radius 2 is 1.78 bits per heavy atom. The normalized spacial score (nSPS) is 32.4. The highest BCUT2D eigenvalue weighted by Crippen LogP contribution is 2.33. The van der Waals surface area contributed by atoms with Gasteiger partial charge in [-0.25, -0.2) is 0 Å². The van der Waals surface area contributed by atoms with Crippen LogP contribution in [0.15, 0.2) is 24.3 Å². The zero-order valence-corrected chi connectivity index (χ0v) is 11.5. The summed E-state index contributed by atoms with van der Waals surface area (Å²) < 4.78 is 0. The number of fused-ring (bicyclic) bond motifs is 1. The topological polar surface area (TPSA) is 15.3 Å². The minimum absolute atomic E-state index is 0.676. The van der Waals surface area contributed by atoms with E-state index in [0.29, 0.717) is 12.1 Å². The molecule has 0 bridgehead atoms. The molecule has 2 aliphatic rings. The van der Waals surface area contributed by atoms with Gasteiger partial charge < -0.3 is 5.32 Å². The van der Waals surface area contributed by atoms with Gasteiger partial charge in [-0.05, 0) is 43.4 Å². The SMILES string of the molecule is CNC1CCC(C)CC1N1Cc2ccccc2C1. The summed E-state index contributed by atoms with van der Waals surface area (Å²) in [7, 11) is 2.12. The average molecular weight is 244 g/mol.